The van der Waals surface area contributed by atoms with Crippen molar-refractivity contribution in [3.8, 4) is 0 Å². The molecule has 1 aliphatic heterocycles. The molecule has 4 atom stereocenters. The fourth-order valence-electron chi connectivity index (χ4n) is 1.84. The lowest BCUT2D eigenvalue weighted by atomic mass is 10.1. The van der Waals surface area contributed by atoms with E-state index in [0.29, 0.717) is 0 Å². The number of nitrogens with zero attached hydrogens (tertiary/aromatic N) is 3. The lowest BCUT2D eigenvalue weighted by molar-refractivity contribution is -0.165. The van der Waals surface area contributed by atoms with Gasteiger partial charge in [-0.2, -0.15) is 0 Å². The number of rotatable bonds is 5. The van der Waals surface area contributed by atoms with E-state index in [1.807, 2.05) is 0 Å². The average Bonchev–Trinajstić information content (AvgIpc) is 2.65. The molecule has 0 aromatic rings. The SMILES string of the molecule is CC(=O)OC[C@H]1O[C@@H](N=[N+]=[N-])[C@H](OC(C)=O)[C@@H]1OC(C)=O. The van der Waals surface area contributed by atoms with E-state index in [-0.39, 0.29) is 6.61 Å². The fourth-order valence-corrected chi connectivity index (χ4v) is 1.84. The highest BCUT2D eigenvalue weighted by atomic mass is 16.7. The van der Waals surface area contributed by atoms with Crippen molar-refractivity contribution in [2.24, 2.45) is 5.11 Å². The van der Waals surface area contributed by atoms with Crippen molar-refractivity contribution in [2.75, 3.05) is 6.61 Å². The Kier molecular flexibility index (Phi) is 5.94. The van der Waals surface area contributed by atoms with E-state index in [4.69, 9.17) is 24.5 Å². The van der Waals surface area contributed by atoms with Crippen LogP contribution in [0.3, 0.4) is 0 Å². The van der Waals surface area contributed by atoms with Crippen LogP contribution in [0.1, 0.15) is 20.8 Å². The van der Waals surface area contributed by atoms with Gasteiger partial charge in [0.1, 0.15) is 12.7 Å². The van der Waals surface area contributed by atoms with Gasteiger partial charge in [-0.1, -0.05) is 5.11 Å². The van der Waals surface area contributed by atoms with Crippen LogP contribution in [0.4, 0.5) is 0 Å². The predicted molar refractivity (Wildman–Crippen MR) is 65.5 cm³/mol. The predicted octanol–water partition coefficient (Wildman–Crippen LogP) is 0.448. The molecule has 10 nitrogen and oxygen atoms in total. The molecule has 0 radical (unpaired) electrons. The average molecular weight is 301 g/mol. The summed E-state index contributed by atoms with van der Waals surface area (Å²) in [5.41, 5.74) is 8.50. The highest BCUT2D eigenvalue weighted by molar-refractivity contribution is 5.68. The fraction of sp³-hybridized carbons (Fsp3) is 0.727. The van der Waals surface area contributed by atoms with Crippen molar-refractivity contribution in [2.45, 2.75) is 45.3 Å². The summed E-state index contributed by atoms with van der Waals surface area (Å²) in [6, 6.07) is 0. The van der Waals surface area contributed by atoms with Crippen LogP contribution >= 0.6 is 0 Å². The molecule has 0 saturated carbocycles. The Balaban J connectivity index is 2.95. The largest absolute Gasteiger partial charge is 0.463 e. The van der Waals surface area contributed by atoms with E-state index in [0.717, 1.165) is 13.8 Å². The first kappa shape index (κ1) is 16.7. The lowest BCUT2D eigenvalue weighted by Crippen LogP contribution is -2.40. The summed E-state index contributed by atoms with van der Waals surface area (Å²) in [6.45, 7) is 3.28. The molecule has 0 bridgehead atoms. The third-order valence-corrected chi connectivity index (χ3v) is 2.51. The molecule has 0 aliphatic carbocycles. The Morgan fingerprint density at radius 3 is 2.14 bits per heavy atom. The van der Waals surface area contributed by atoms with E-state index >= 15 is 0 Å². The molecular weight excluding hydrogens is 286 g/mol. The van der Waals surface area contributed by atoms with Crippen LogP contribution in [0.15, 0.2) is 5.11 Å². The van der Waals surface area contributed by atoms with Gasteiger partial charge in [0.15, 0.2) is 18.4 Å². The minimum absolute atomic E-state index is 0.234. The zero-order valence-electron chi connectivity index (χ0n) is 11.7. The number of carbonyl (C=O) groups is 3. The molecule has 1 aliphatic rings. The Hall–Kier alpha value is -2.32. The normalized spacial score (nSPS) is 27.4. The maximum Gasteiger partial charge on any atom is 0.303 e. The van der Waals surface area contributed by atoms with E-state index < -0.39 is 42.4 Å². The van der Waals surface area contributed by atoms with Gasteiger partial charge in [-0.25, -0.2) is 0 Å². The maximum atomic E-state index is 11.1. The van der Waals surface area contributed by atoms with Crippen molar-refractivity contribution >= 4 is 17.9 Å². The van der Waals surface area contributed by atoms with Gasteiger partial charge in [-0.3, -0.25) is 14.4 Å². The minimum atomic E-state index is -1.18. The molecule has 1 saturated heterocycles. The smallest absolute Gasteiger partial charge is 0.303 e. The van der Waals surface area contributed by atoms with Crippen LogP contribution in [-0.2, 0) is 33.3 Å². The number of hydrogen-bond acceptors (Lipinski definition) is 8. The van der Waals surface area contributed by atoms with Gasteiger partial charge in [0.2, 0.25) is 0 Å². The Labute approximate surface area is 119 Å². The van der Waals surface area contributed by atoms with Crippen molar-refractivity contribution in [1.82, 2.24) is 0 Å². The number of carbonyl (C=O) groups excluding carboxylic acids is 3. The zero-order chi connectivity index (χ0) is 16.0. The van der Waals surface area contributed by atoms with E-state index in [1.165, 1.54) is 6.92 Å². The second-order valence-electron chi connectivity index (χ2n) is 4.22. The zero-order valence-corrected chi connectivity index (χ0v) is 11.7. The van der Waals surface area contributed by atoms with Crippen molar-refractivity contribution in [1.29, 1.82) is 0 Å². The first-order chi connectivity index (χ1) is 9.85. The van der Waals surface area contributed by atoms with Crippen LogP contribution in [0.5, 0.6) is 0 Å². The first-order valence-electron chi connectivity index (χ1n) is 6.02. The van der Waals surface area contributed by atoms with E-state index in [2.05, 4.69) is 10.0 Å². The highest BCUT2D eigenvalue weighted by Crippen LogP contribution is 2.28. The summed E-state index contributed by atoms with van der Waals surface area (Å²) in [5.74, 6) is -1.86. The van der Waals surface area contributed by atoms with Crippen LogP contribution in [0.25, 0.3) is 10.4 Å². The second-order valence-corrected chi connectivity index (χ2v) is 4.22. The van der Waals surface area contributed by atoms with Crippen LogP contribution in [0, 0.1) is 0 Å². The minimum Gasteiger partial charge on any atom is -0.463 e. The molecule has 0 spiro atoms. The molecule has 0 aromatic carbocycles. The summed E-state index contributed by atoms with van der Waals surface area (Å²) in [4.78, 5) is 35.7. The molecule has 0 aromatic heterocycles. The number of azide groups is 1. The molecule has 1 rings (SSSR count). The Morgan fingerprint density at radius 1 is 1.10 bits per heavy atom. The van der Waals surface area contributed by atoms with Crippen molar-refractivity contribution < 1.29 is 33.3 Å². The lowest BCUT2D eigenvalue weighted by Gasteiger charge is -2.22. The highest BCUT2D eigenvalue weighted by Gasteiger charge is 2.49. The number of ether oxygens (including phenoxy) is 4. The molecule has 1 heterocycles. The van der Waals surface area contributed by atoms with Gasteiger partial charge >= 0.3 is 17.9 Å². The molecule has 0 N–H and O–H groups in total. The van der Waals surface area contributed by atoms with Gasteiger partial charge in [-0.15, -0.1) is 0 Å². The standard InChI is InChI=1S/C11H15N3O7/c1-5(15)18-4-8-9(19-6(2)16)10(20-7(3)17)11(21-8)13-14-12/h8-11H,4H2,1-3H3/t8-,9-,10-,11-/m1/s1. The van der Waals surface area contributed by atoms with Gasteiger partial charge in [0.05, 0.1) is 0 Å². The molecular formula is C11H15N3O7. The second kappa shape index (κ2) is 7.46. The van der Waals surface area contributed by atoms with Gasteiger partial charge in [-0.05, 0) is 5.53 Å². The molecule has 0 amide bonds. The summed E-state index contributed by atoms with van der Waals surface area (Å²) < 4.78 is 20.1. The molecule has 10 heteroatoms. The van der Waals surface area contributed by atoms with Crippen LogP contribution < -0.4 is 0 Å². The summed E-state index contributed by atoms with van der Waals surface area (Å²) in [5, 5.41) is 3.34. The van der Waals surface area contributed by atoms with E-state index in [9.17, 15) is 14.4 Å². The van der Waals surface area contributed by atoms with E-state index in [1.54, 1.807) is 0 Å². The topological polar surface area (TPSA) is 137 Å². The summed E-state index contributed by atoms with van der Waals surface area (Å²) in [7, 11) is 0. The molecule has 21 heavy (non-hydrogen) atoms. The van der Waals surface area contributed by atoms with Crippen LogP contribution in [-0.4, -0.2) is 49.1 Å². The molecule has 116 valence electrons. The molecule has 1 fully saturated rings. The van der Waals surface area contributed by atoms with Gasteiger partial charge in [0.25, 0.3) is 0 Å². The summed E-state index contributed by atoms with van der Waals surface area (Å²) >= 11 is 0. The Morgan fingerprint density at radius 2 is 1.67 bits per heavy atom. The van der Waals surface area contributed by atoms with Crippen molar-refractivity contribution in [3.05, 3.63) is 10.4 Å². The third kappa shape index (κ3) is 4.93. The molecule has 0 unspecified atom stereocenters. The summed E-state index contributed by atoms with van der Waals surface area (Å²) in [6.07, 6.45) is -4.23. The van der Waals surface area contributed by atoms with Gasteiger partial charge < -0.3 is 18.9 Å². The number of hydrogen-bond donors (Lipinski definition) is 0. The third-order valence-electron chi connectivity index (χ3n) is 2.51. The number of esters is 3. The maximum absolute atomic E-state index is 11.1. The van der Waals surface area contributed by atoms with Crippen LogP contribution in [0.2, 0.25) is 0 Å². The Bertz CT molecular complexity index is 474. The first-order valence-corrected chi connectivity index (χ1v) is 6.02. The van der Waals surface area contributed by atoms with Crippen molar-refractivity contribution in [3.63, 3.8) is 0 Å². The quantitative estimate of drug-likeness (QED) is 0.236. The monoisotopic (exact) mass is 301 g/mol. The van der Waals surface area contributed by atoms with Gasteiger partial charge in [0, 0.05) is 25.7 Å².